The molecular formula is C67H37N9. The van der Waals surface area contributed by atoms with Gasteiger partial charge in [-0.15, -0.1) is 0 Å². The minimum atomic E-state index is 0.454. The predicted molar refractivity (Wildman–Crippen MR) is 303 cm³/mol. The average molecular weight is 968 g/mol. The van der Waals surface area contributed by atoms with Crippen molar-refractivity contribution in [3.05, 3.63) is 258 Å². The zero-order valence-corrected chi connectivity index (χ0v) is 40.4. The Morgan fingerprint density at radius 2 is 0.724 bits per heavy atom. The van der Waals surface area contributed by atoms with Crippen LogP contribution in [0, 0.1) is 35.8 Å². The molecular weight excluding hydrogens is 931 g/mol. The Kier molecular flexibility index (Phi) is 10.8. The second-order valence-electron chi connectivity index (χ2n) is 18.4. The topological polar surface area (TPSA) is 105 Å². The molecule has 0 fully saturated rings. The molecule has 10 aromatic carbocycles. The molecule has 0 saturated heterocycles. The van der Waals surface area contributed by atoms with Gasteiger partial charge in [-0.2, -0.15) is 10.5 Å². The zero-order valence-electron chi connectivity index (χ0n) is 40.4. The van der Waals surface area contributed by atoms with E-state index in [1.54, 1.807) is 0 Å². The van der Waals surface area contributed by atoms with Crippen LogP contribution in [0.1, 0.15) is 11.1 Å². The van der Waals surface area contributed by atoms with E-state index in [2.05, 4.69) is 97.7 Å². The normalized spacial score (nSPS) is 11.1. The number of fused-ring (bicyclic) bond motifs is 6. The molecule has 13 rings (SSSR count). The van der Waals surface area contributed by atoms with Gasteiger partial charge >= 0.3 is 0 Å². The number of rotatable bonds is 8. The SMILES string of the molecule is [C-]#[N+]c1ccc(-c2ccc(-n3c4ccc(C#N)cc4c4cc(C#N)ccc43)c(-c3ccc(-n4c5ccc([N+]#[C-])cc5c5cc(-c6ccccc6)ccc54)c(-c4nc(-c5ccccc5)nc(-c5ccccc5)n4)c3)c2)cc1. The van der Waals surface area contributed by atoms with Gasteiger partial charge in [0.1, 0.15) is 0 Å². The molecule has 0 saturated carbocycles. The monoisotopic (exact) mass is 967 g/mol. The lowest BCUT2D eigenvalue weighted by Crippen LogP contribution is -2.04. The first-order chi connectivity index (χ1) is 37.5. The van der Waals surface area contributed by atoms with Crippen LogP contribution in [0.2, 0.25) is 0 Å². The summed E-state index contributed by atoms with van der Waals surface area (Å²) >= 11 is 0. The number of nitriles is 2. The van der Waals surface area contributed by atoms with E-state index < -0.39 is 0 Å². The Balaban J connectivity index is 1.14. The number of hydrogen-bond acceptors (Lipinski definition) is 5. The van der Waals surface area contributed by atoms with Crippen LogP contribution in [0.5, 0.6) is 0 Å². The van der Waals surface area contributed by atoms with E-state index in [9.17, 15) is 10.5 Å². The van der Waals surface area contributed by atoms with Gasteiger partial charge in [0.2, 0.25) is 0 Å². The van der Waals surface area contributed by atoms with Crippen molar-refractivity contribution in [2.24, 2.45) is 0 Å². The predicted octanol–water partition coefficient (Wildman–Crippen LogP) is 16.9. The van der Waals surface area contributed by atoms with Gasteiger partial charge in [0.15, 0.2) is 28.8 Å². The van der Waals surface area contributed by atoms with Gasteiger partial charge in [-0.1, -0.05) is 140 Å². The summed E-state index contributed by atoms with van der Waals surface area (Å²) < 4.78 is 4.46. The van der Waals surface area contributed by atoms with E-state index in [4.69, 9.17) is 28.1 Å². The molecule has 3 heterocycles. The van der Waals surface area contributed by atoms with Crippen LogP contribution in [-0.2, 0) is 0 Å². The first-order valence-corrected chi connectivity index (χ1v) is 24.5. The van der Waals surface area contributed by atoms with E-state index in [0.29, 0.717) is 40.0 Å². The highest BCUT2D eigenvalue weighted by molar-refractivity contribution is 6.13. The van der Waals surface area contributed by atoms with Crippen LogP contribution in [0.3, 0.4) is 0 Å². The van der Waals surface area contributed by atoms with Crippen molar-refractivity contribution in [2.45, 2.75) is 0 Å². The maximum atomic E-state index is 10.1. The van der Waals surface area contributed by atoms with Gasteiger partial charge in [0.25, 0.3) is 0 Å². The number of nitrogens with zero attached hydrogens (tertiary/aromatic N) is 9. The van der Waals surface area contributed by atoms with Crippen molar-refractivity contribution in [3.63, 3.8) is 0 Å². The molecule has 0 aliphatic rings. The lowest BCUT2D eigenvalue weighted by Gasteiger charge is -2.19. The quantitative estimate of drug-likeness (QED) is 0.141. The molecule has 0 aliphatic carbocycles. The maximum absolute atomic E-state index is 10.1. The molecule has 13 aromatic rings. The molecule has 76 heavy (non-hydrogen) atoms. The standard InChI is InChI=1S/C67H37N9/c1-70-51-25-20-45(21-26-51)48-22-30-59(75-60-28-18-42(40-68)34-54(60)55-35-43(41-69)19-29-61(55)75)53(36-48)50-24-32-64(58(38-50)67-73-65(46-14-8-4-9-15-46)72-66(74-67)47-16-10-5-11-17-47)76-62-31-23-49(44-12-6-3-7-13-44)37-56(62)57-39-52(71-2)27-33-63(57)76/h3-39H. The molecule has 3 aromatic heterocycles. The van der Waals surface area contributed by atoms with Crippen LogP contribution in [0.25, 0.3) is 132 Å². The van der Waals surface area contributed by atoms with Gasteiger partial charge in [-0.05, 0) is 118 Å². The third kappa shape index (κ3) is 7.66. The summed E-state index contributed by atoms with van der Waals surface area (Å²) in [6.07, 6.45) is 0. The molecule has 0 atom stereocenters. The number of benzene rings is 10. The van der Waals surface area contributed by atoms with E-state index >= 15 is 0 Å². The summed E-state index contributed by atoms with van der Waals surface area (Å²) in [7, 11) is 0. The summed E-state index contributed by atoms with van der Waals surface area (Å²) in [5.41, 5.74) is 15.5. The summed E-state index contributed by atoms with van der Waals surface area (Å²) in [6.45, 7) is 15.7. The lowest BCUT2D eigenvalue weighted by atomic mass is 9.95. The molecule has 0 unspecified atom stereocenters. The first-order valence-electron chi connectivity index (χ1n) is 24.5. The Morgan fingerprint density at radius 1 is 0.329 bits per heavy atom. The van der Waals surface area contributed by atoms with Crippen molar-refractivity contribution in [1.82, 2.24) is 24.1 Å². The molecule has 9 heteroatoms. The largest absolute Gasteiger partial charge is 0.309 e. The second kappa shape index (κ2) is 18.4. The molecule has 0 bridgehead atoms. The van der Waals surface area contributed by atoms with Crippen molar-refractivity contribution < 1.29 is 0 Å². The highest BCUT2D eigenvalue weighted by Gasteiger charge is 2.24. The summed E-state index contributed by atoms with van der Waals surface area (Å²) in [6, 6.07) is 79.0. The van der Waals surface area contributed by atoms with Gasteiger partial charge in [0, 0.05) is 38.4 Å². The van der Waals surface area contributed by atoms with E-state index in [1.165, 1.54) is 0 Å². The molecule has 350 valence electrons. The van der Waals surface area contributed by atoms with Gasteiger partial charge in [-0.3, -0.25) is 0 Å². The lowest BCUT2D eigenvalue weighted by molar-refractivity contribution is 1.06. The van der Waals surface area contributed by atoms with E-state index in [-0.39, 0.29) is 0 Å². The summed E-state index contributed by atoms with van der Waals surface area (Å²) in [5.74, 6) is 1.48. The summed E-state index contributed by atoms with van der Waals surface area (Å²) in [5, 5.41) is 23.8. The molecule has 0 aliphatic heterocycles. The minimum absolute atomic E-state index is 0.454. The Hall–Kier alpha value is -11.2. The smallest absolute Gasteiger partial charge is 0.188 e. The van der Waals surface area contributed by atoms with Crippen molar-refractivity contribution in [1.29, 1.82) is 10.5 Å². The van der Waals surface area contributed by atoms with Crippen LogP contribution < -0.4 is 0 Å². The third-order valence-electron chi connectivity index (χ3n) is 14.1. The first kappa shape index (κ1) is 44.7. The fourth-order valence-corrected chi connectivity index (χ4v) is 10.4. The zero-order chi connectivity index (χ0) is 51.3. The fourth-order valence-electron chi connectivity index (χ4n) is 10.4. The Labute approximate surface area is 437 Å². The minimum Gasteiger partial charge on any atom is -0.309 e. The molecule has 0 spiro atoms. The van der Waals surface area contributed by atoms with Gasteiger partial charge in [-0.25, -0.2) is 24.6 Å². The van der Waals surface area contributed by atoms with Gasteiger partial charge in [0.05, 0.1) is 69.9 Å². The average Bonchev–Trinajstić information content (AvgIpc) is 4.01. The number of aromatic nitrogens is 5. The van der Waals surface area contributed by atoms with Crippen LogP contribution in [0.4, 0.5) is 11.4 Å². The third-order valence-corrected chi connectivity index (χ3v) is 14.1. The van der Waals surface area contributed by atoms with Crippen molar-refractivity contribution in [2.75, 3.05) is 0 Å². The summed E-state index contributed by atoms with van der Waals surface area (Å²) in [4.78, 5) is 23.3. The number of hydrogen-bond donors (Lipinski definition) is 0. The van der Waals surface area contributed by atoms with Crippen LogP contribution in [0.15, 0.2) is 224 Å². The molecule has 0 amide bonds. The maximum Gasteiger partial charge on any atom is 0.188 e. The van der Waals surface area contributed by atoms with Crippen LogP contribution in [-0.4, -0.2) is 24.1 Å². The van der Waals surface area contributed by atoms with Crippen molar-refractivity contribution in [3.8, 4) is 91.1 Å². The second-order valence-corrected chi connectivity index (χ2v) is 18.4. The highest BCUT2D eigenvalue weighted by Crippen LogP contribution is 2.44. The van der Waals surface area contributed by atoms with E-state index in [1.807, 2.05) is 158 Å². The molecule has 0 radical (unpaired) electrons. The van der Waals surface area contributed by atoms with Gasteiger partial charge < -0.3 is 9.13 Å². The fraction of sp³-hybridized carbons (Fsp3) is 0. The Bertz CT molecular complexity index is 4530. The molecule has 0 N–H and O–H groups in total. The van der Waals surface area contributed by atoms with Crippen LogP contribution >= 0.6 is 0 Å². The highest BCUT2D eigenvalue weighted by atomic mass is 15.1. The van der Waals surface area contributed by atoms with E-state index in [0.717, 1.165) is 105 Å². The Morgan fingerprint density at radius 3 is 1.28 bits per heavy atom. The molecule has 9 nitrogen and oxygen atoms in total. The van der Waals surface area contributed by atoms with Crippen molar-refractivity contribution >= 4 is 55.0 Å².